The van der Waals surface area contributed by atoms with Gasteiger partial charge in [0.05, 0.1) is 29.1 Å². The Labute approximate surface area is 206 Å². The first-order chi connectivity index (χ1) is 17.3. The molecule has 0 unspecified atom stereocenters. The molecule has 4 rings (SSSR count). The van der Waals surface area contributed by atoms with E-state index in [2.05, 4.69) is 35.9 Å². The molecule has 0 bridgehead atoms. The van der Waals surface area contributed by atoms with Crippen LogP contribution < -0.4 is 16.0 Å². The molecule has 4 aromatic rings. The Morgan fingerprint density at radius 3 is 2.58 bits per heavy atom. The third-order valence-electron chi connectivity index (χ3n) is 5.71. The number of fused-ring (bicyclic) bond motifs is 1. The van der Waals surface area contributed by atoms with Crippen LogP contribution in [0.2, 0.25) is 0 Å². The molecule has 8 nitrogen and oxygen atoms in total. The lowest BCUT2D eigenvalue weighted by molar-refractivity contribution is -0.137. The lowest BCUT2D eigenvalue weighted by Gasteiger charge is -2.16. The molecule has 0 fully saturated rings. The molecular formula is C25H25F3N8. The number of aromatic amines is 1. The number of nitrogens with zero attached hydrogens (tertiary/aromatic N) is 4. The van der Waals surface area contributed by atoms with E-state index in [4.69, 9.17) is 0 Å². The molecule has 1 aromatic carbocycles. The van der Waals surface area contributed by atoms with Gasteiger partial charge in [-0.2, -0.15) is 18.4 Å². The number of nitriles is 1. The first kappa shape index (κ1) is 24.9. The topological polar surface area (TPSA) is 114 Å². The molecule has 0 saturated carbocycles. The molecule has 0 amide bonds. The number of nitrogens with one attached hydrogen (secondary N) is 4. The van der Waals surface area contributed by atoms with Crippen molar-refractivity contribution < 1.29 is 13.2 Å². The summed E-state index contributed by atoms with van der Waals surface area (Å²) in [6.07, 6.45) is 0.0928. The van der Waals surface area contributed by atoms with Gasteiger partial charge in [-0.25, -0.2) is 15.0 Å². The lowest BCUT2D eigenvalue weighted by atomic mass is 10.1. The van der Waals surface area contributed by atoms with Crippen molar-refractivity contribution in [1.82, 2.24) is 25.3 Å². The number of alkyl halides is 3. The Morgan fingerprint density at radius 2 is 1.89 bits per heavy atom. The van der Waals surface area contributed by atoms with E-state index in [0.717, 1.165) is 43.0 Å². The number of rotatable bonds is 9. The van der Waals surface area contributed by atoms with Crippen LogP contribution in [0, 0.1) is 11.3 Å². The van der Waals surface area contributed by atoms with Crippen LogP contribution in [0.1, 0.15) is 36.1 Å². The van der Waals surface area contributed by atoms with Gasteiger partial charge in [-0.05, 0) is 50.7 Å². The number of halogens is 3. The van der Waals surface area contributed by atoms with E-state index in [1.807, 2.05) is 44.3 Å². The number of hydrogen-bond acceptors (Lipinski definition) is 7. The van der Waals surface area contributed by atoms with E-state index in [-0.39, 0.29) is 34.3 Å². The van der Waals surface area contributed by atoms with Crippen LogP contribution >= 0.6 is 0 Å². The van der Waals surface area contributed by atoms with Crippen LogP contribution in [0.5, 0.6) is 0 Å². The van der Waals surface area contributed by atoms with Crippen LogP contribution in [0.4, 0.5) is 24.8 Å². The van der Waals surface area contributed by atoms with Crippen molar-refractivity contribution in [2.45, 2.75) is 25.6 Å². The molecule has 0 aliphatic heterocycles. The second-order valence-corrected chi connectivity index (χ2v) is 8.26. The van der Waals surface area contributed by atoms with Crippen molar-refractivity contribution >= 4 is 22.7 Å². The average molecular weight is 495 g/mol. The molecule has 186 valence electrons. The number of hydrogen-bond donors (Lipinski definition) is 4. The van der Waals surface area contributed by atoms with Gasteiger partial charge in [0.15, 0.2) is 0 Å². The molecule has 0 aliphatic carbocycles. The monoisotopic (exact) mass is 494 g/mol. The maximum atomic E-state index is 13.2. The Morgan fingerprint density at radius 1 is 1.11 bits per heavy atom. The smallest absolute Gasteiger partial charge is 0.385 e. The lowest BCUT2D eigenvalue weighted by Crippen LogP contribution is -2.13. The first-order valence-electron chi connectivity index (χ1n) is 11.4. The number of anilines is 2. The third-order valence-corrected chi connectivity index (χ3v) is 5.71. The summed E-state index contributed by atoms with van der Waals surface area (Å²) in [5.74, 6) is 0.250. The third kappa shape index (κ3) is 5.55. The highest BCUT2D eigenvalue weighted by Gasteiger charge is 2.31. The highest BCUT2D eigenvalue weighted by molar-refractivity contribution is 5.94. The van der Waals surface area contributed by atoms with Crippen molar-refractivity contribution in [3.63, 3.8) is 0 Å². The summed E-state index contributed by atoms with van der Waals surface area (Å²) < 4.78 is 39.7. The Kier molecular flexibility index (Phi) is 7.36. The Hall–Kier alpha value is -4.17. The summed E-state index contributed by atoms with van der Waals surface area (Å²) in [6.45, 7) is 3.75. The van der Waals surface area contributed by atoms with Gasteiger partial charge in [0.25, 0.3) is 0 Å². The van der Waals surface area contributed by atoms with Crippen molar-refractivity contribution in [2.24, 2.45) is 0 Å². The number of H-pyrrole nitrogens is 1. The number of benzene rings is 1. The largest absolute Gasteiger partial charge is 0.417 e. The molecular weight excluding hydrogens is 469 g/mol. The summed E-state index contributed by atoms with van der Waals surface area (Å²) in [7, 11) is 1.92. The number of aromatic nitrogens is 4. The quantitative estimate of drug-likeness (QED) is 0.239. The molecule has 0 saturated heterocycles. The predicted molar refractivity (Wildman–Crippen MR) is 132 cm³/mol. The minimum atomic E-state index is -4.54. The van der Waals surface area contributed by atoms with Gasteiger partial charge in [0.2, 0.25) is 5.95 Å². The minimum absolute atomic E-state index is 0.139. The normalized spacial score (nSPS) is 12.3. The molecule has 1 atom stereocenters. The molecule has 36 heavy (non-hydrogen) atoms. The highest BCUT2D eigenvalue weighted by atomic mass is 19.4. The van der Waals surface area contributed by atoms with Gasteiger partial charge >= 0.3 is 6.18 Å². The summed E-state index contributed by atoms with van der Waals surface area (Å²) in [5, 5.41) is 19.5. The molecule has 0 spiro atoms. The van der Waals surface area contributed by atoms with Crippen molar-refractivity contribution in [3.05, 3.63) is 65.6 Å². The fraction of sp³-hybridized carbons (Fsp3) is 0.280. The summed E-state index contributed by atoms with van der Waals surface area (Å²) in [5.41, 5.74) is 2.10. The van der Waals surface area contributed by atoms with Crippen LogP contribution in [0.3, 0.4) is 0 Å². The second-order valence-electron chi connectivity index (χ2n) is 8.26. The van der Waals surface area contributed by atoms with Gasteiger partial charge < -0.3 is 20.9 Å². The molecule has 4 N–H and O–H groups in total. The highest BCUT2D eigenvalue weighted by Crippen LogP contribution is 2.35. The standard InChI is InChI=1S/C25H25F3N8/c1-15(16-4-6-19(7-5-16)31-9-3-8-30-2)35-24-34-12-17(11-29)22(36-24)21-14-33-23-20(21)10-18(13-32-23)25(26,27)28/h4-7,10,12-15,30-31H,3,8-9H2,1-2H3,(H,32,33)(H,34,35,36)/t15-/m1/s1. The minimum Gasteiger partial charge on any atom is -0.385 e. The fourth-order valence-corrected chi connectivity index (χ4v) is 3.76. The van der Waals surface area contributed by atoms with E-state index >= 15 is 0 Å². The van der Waals surface area contributed by atoms with E-state index in [1.54, 1.807) is 0 Å². The van der Waals surface area contributed by atoms with Crippen molar-refractivity contribution in [3.8, 4) is 17.3 Å². The zero-order valence-corrected chi connectivity index (χ0v) is 19.7. The maximum absolute atomic E-state index is 13.2. The van der Waals surface area contributed by atoms with Gasteiger partial charge in [0.1, 0.15) is 11.7 Å². The van der Waals surface area contributed by atoms with E-state index in [9.17, 15) is 18.4 Å². The number of pyridine rings is 1. The Bertz CT molecular complexity index is 1370. The molecule has 11 heteroatoms. The van der Waals surface area contributed by atoms with Crippen LogP contribution in [-0.4, -0.2) is 40.1 Å². The van der Waals surface area contributed by atoms with E-state index < -0.39 is 11.7 Å². The first-order valence-corrected chi connectivity index (χ1v) is 11.4. The van der Waals surface area contributed by atoms with E-state index in [1.165, 1.54) is 12.4 Å². The van der Waals surface area contributed by atoms with Crippen LogP contribution in [-0.2, 0) is 6.18 Å². The SMILES string of the molecule is CNCCCNc1ccc([C@@H](C)Nc2ncc(C#N)c(-c3c[nH]c4ncc(C(F)(F)F)cc34)n2)cc1. The fourth-order valence-electron chi connectivity index (χ4n) is 3.76. The van der Waals surface area contributed by atoms with E-state index in [0.29, 0.717) is 5.56 Å². The van der Waals surface area contributed by atoms with Gasteiger partial charge in [-0.15, -0.1) is 0 Å². The molecule has 3 heterocycles. The van der Waals surface area contributed by atoms with Gasteiger partial charge in [-0.1, -0.05) is 12.1 Å². The van der Waals surface area contributed by atoms with Crippen molar-refractivity contribution in [1.29, 1.82) is 5.26 Å². The zero-order valence-electron chi connectivity index (χ0n) is 19.7. The van der Waals surface area contributed by atoms with Gasteiger partial charge in [-0.3, -0.25) is 0 Å². The molecule has 0 radical (unpaired) electrons. The zero-order chi connectivity index (χ0) is 25.7. The van der Waals surface area contributed by atoms with Gasteiger partial charge in [0, 0.05) is 35.6 Å². The summed E-state index contributed by atoms with van der Waals surface area (Å²) in [4.78, 5) is 15.4. The average Bonchev–Trinajstić information content (AvgIpc) is 3.30. The summed E-state index contributed by atoms with van der Waals surface area (Å²) >= 11 is 0. The molecule has 0 aliphatic rings. The Balaban J connectivity index is 1.57. The van der Waals surface area contributed by atoms with Crippen LogP contribution in [0.15, 0.2) is 48.9 Å². The molecule has 3 aromatic heterocycles. The maximum Gasteiger partial charge on any atom is 0.417 e. The summed E-state index contributed by atoms with van der Waals surface area (Å²) in [6, 6.07) is 10.8. The predicted octanol–water partition coefficient (Wildman–Crippen LogP) is 5.10. The van der Waals surface area contributed by atoms with Crippen LogP contribution in [0.25, 0.3) is 22.3 Å². The van der Waals surface area contributed by atoms with Crippen molar-refractivity contribution in [2.75, 3.05) is 30.8 Å². The second kappa shape index (κ2) is 10.6.